The molecule has 0 amide bonds. The van der Waals surface area contributed by atoms with Crippen LogP contribution in [-0.2, 0) is 6.18 Å². The highest BCUT2D eigenvalue weighted by molar-refractivity contribution is 5.33. The molecule has 4 nitrogen and oxygen atoms in total. The van der Waals surface area contributed by atoms with E-state index in [0.29, 0.717) is 0 Å². The van der Waals surface area contributed by atoms with Crippen molar-refractivity contribution < 1.29 is 17.9 Å². The van der Waals surface area contributed by atoms with Gasteiger partial charge in [0.1, 0.15) is 12.4 Å². The lowest BCUT2D eigenvalue weighted by Crippen LogP contribution is -2.13. The van der Waals surface area contributed by atoms with E-state index in [9.17, 15) is 13.2 Å². The molecular weight excluding hydrogens is 223 g/mol. The molecule has 1 aromatic rings. The monoisotopic (exact) mass is 231 g/mol. The second-order valence-corrected chi connectivity index (χ2v) is 2.75. The molecule has 16 heavy (non-hydrogen) atoms. The van der Waals surface area contributed by atoms with Gasteiger partial charge in [-0.25, -0.2) is 4.98 Å². The summed E-state index contributed by atoms with van der Waals surface area (Å²) < 4.78 is 41.7. The van der Waals surface area contributed by atoms with E-state index in [0.717, 1.165) is 6.07 Å². The summed E-state index contributed by atoms with van der Waals surface area (Å²) in [6, 6.07) is 1.10. The van der Waals surface area contributed by atoms with Gasteiger partial charge in [-0.3, -0.25) is 0 Å². The van der Waals surface area contributed by atoms with E-state index in [1.807, 2.05) is 0 Å². The third kappa shape index (κ3) is 3.31. The van der Waals surface area contributed by atoms with E-state index >= 15 is 0 Å². The fourth-order valence-electron chi connectivity index (χ4n) is 0.858. The van der Waals surface area contributed by atoms with Crippen LogP contribution in [0.25, 0.3) is 0 Å². The molecule has 7 heteroatoms. The van der Waals surface area contributed by atoms with Crippen LogP contribution < -0.4 is 10.5 Å². The standard InChI is InChI=1S/C9H8F3N3O/c1-2-3-4-16-7-5-6(13)14-8(15-7)9(10,11)12/h1,5H,3-4H2,(H2,13,14,15). The van der Waals surface area contributed by atoms with Gasteiger partial charge < -0.3 is 10.5 Å². The van der Waals surface area contributed by atoms with Gasteiger partial charge in [0.25, 0.3) is 0 Å². The van der Waals surface area contributed by atoms with Crippen molar-refractivity contribution in [2.75, 3.05) is 12.3 Å². The van der Waals surface area contributed by atoms with Crippen LogP contribution in [0.5, 0.6) is 5.88 Å². The van der Waals surface area contributed by atoms with Gasteiger partial charge in [-0.2, -0.15) is 18.2 Å². The largest absolute Gasteiger partial charge is 0.477 e. The predicted molar refractivity (Wildman–Crippen MR) is 50.4 cm³/mol. The molecule has 2 N–H and O–H groups in total. The Kier molecular flexibility index (Phi) is 3.55. The average molecular weight is 231 g/mol. The van der Waals surface area contributed by atoms with Gasteiger partial charge in [0.2, 0.25) is 11.7 Å². The lowest BCUT2D eigenvalue weighted by Gasteiger charge is -2.08. The summed E-state index contributed by atoms with van der Waals surface area (Å²) in [6.45, 7) is 0.0737. The second-order valence-electron chi connectivity index (χ2n) is 2.75. The zero-order valence-corrected chi connectivity index (χ0v) is 8.08. The van der Waals surface area contributed by atoms with Gasteiger partial charge in [0, 0.05) is 12.5 Å². The van der Waals surface area contributed by atoms with Crippen molar-refractivity contribution in [1.82, 2.24) is 9.97 Å². The number of ether oxygens (including phenoxy) is 1. The number of terminal acetylenes is 1. The van der Waals surface area contributed by atoms with Gasteiger partial charge in [-0.05, 0) is 0 Å². The highest BCUT2D eigenvalue weighted by atomic mass is 19.4. The number of alkyl halides is 3. The molecule has 0 aliphatic rings. The van der Waals surface area contributed by atoms with Crippen molar-refractivity contribution in [1.29, 1.82) is 0 Å². The molecule has 0 aromatic carbocycles. The number of hydrogen-bond acceptors (Lipinski definition) is 4. The van der Waals surface area contributed by atoms with Crippen LogP contribution in [0.15, 0.2) is 6.07 Å². The SMILES string of the molecule is C#CCCOc1cc(N)nc(C(F)(F)F)n1. The minimum Gasteiger partial charge on any atom is -0.477 e. The molecule has 1 rings (SSSR count). The summed E-state index contributed by atoms with van der Waals surface area (Å²) in [6.07, 6.45) is 0.570. The number of anilines is 1. The topological polar surface area (TPSA) is 61.0 Å². The lowest BCUT2D eigenvalue weighted by atomic mass is 10.4. The minimum atomic E-state index is -4.65. The Morgan fingerprint density at radius 1 is 1.44 bits per heavy atom. The summed E-state index contributed by atoms with van der Waals surface area (Å²) in [5.74, 6) is 0.397. The Morgan fingerprint density at radius 3 is 2.69 bits per heavy atom. The Bertz CT molecular complexity index is 411. The van der Waals surface area contributed by atoms with Crippen molar-refractivity contribution in [2.24, 2.45) is 0 Å². The summed E-state index contributed by atoms with van der Waals surface area (Å²) in [7, 11) is 0. The first-order valence-electron chi connectivity index (χ1n) is 4.21. The minimum absolute atomic E-state index is 0.0737. The first-order valence-corrected chi connectivity index (χ1v) is 4.21. The van der Waals surface area contributed by atoms with Gasteiger partial charge in [-0.1, -0.05) is 0 Å². The van der Waals surface area contributed by atoms with Crippen LogP contribution >= 0.6 is 0 Å². The van der Waals surface area contributed by atoms with Crippen molar-refractivity contribution in [3.05, 3.63) is 11.9 Å². The number of aromatic nitrogens is 2. The fraction of sp³-hybridized carbons (Fsp3) is 0.333. The summed E-state index contributed by atoms with van der Waals surface area (Å²) in [4.78, 5) is 6.22. The normalized spacial score (nSPS) is 10.9. The van der Waals surface area contributed by atoms with Crippen LogP contribution in [0, 0.1) is 12.3 Å². The second kappa shape index (κ2) is 4.70. The number of rotatable bonds is 3. The van der Waals surface area contributed by atoms with Crippen molar-refractivity contribution in [2.45, 2.75) is 12.6 Å². The molecule has 0 fully saturated rings. The van der Waals surface area contributed by atoms with E-state index in [2.05, 4.69) is 15.9 Å². The van der Waals surface area contributed by atoms with Gasteiger partial charge >= 0.3 is 6.18 Å². The smallest absolute Gasteiger partial charge is 0.451 e. The predicted octanol–water partition coefficient (Wildman–Crippen LogP) is 1.48. The van der Waals surface area contributed by atoms with Gasteiger partial charge in [0.15, 0.2) is 0 Å². The zero-order valence-electron chi connectivity index (χ0n) is 8.08. The van der Waals surface area contributed by atoms with Crippen LogP contribution in [0.4, 0.5) is 19.0 Å². The molecule has 0 unspecified atom stereocenters. The molecule has 0 atom stereocenters. The molecule has 1 aromatic heterocycles. The number of nitrogens with two attached hydrogens (primary N) is 1. The quantitative estimate of drug-likeness (QED) is 0.632. The van der Waals surface area contributed by atoms with E-state index in [1.165, 1.54) is 0 Å². The van der Waals surface area contributed by atoms with E-state index in [4.69, 9.17) is 16.9 Å². The molecule has 0 spiro atoms. The Hall–Kier alpha value is -1.97. The molecule has 0 aliphatic heterocycles. The summed E-state index contributed by atoms with van der Waals surface area (Å²) in [5, 5.41) is 0. The van der Waals surface area contributed by atoms with E-state index in [-0.39, 0.29) is 24.7 Å². The summed E-state index contributed by atoms with van der Waals surface area (Å²) >= 11 is 0. The summed E-state index contributed by atoms with van der Waals surface area (Å²) in [5.41, 5.74) is 5.19. The number of nitrogen functional groups attached to an aromatic ring is 1. The third-order valence-corrected chi connectivity index (χ3v) is 1.47. The van der Waals surface area contributed by atoms with Crippen molar-refractivity contribution >= 4 is 5.82 Å². The molecular formula is C9H8F3N3O. The molecule has 0 bridgehead atoms. The molecule has 0 aliphatic carbocycles. The Balaban J connectivity index is 2.87. The average Bonchev–Trinajstić information content (AvgIpc) is 2.16. The van der Waals surface area contributed by atoms with Crippen LogP contribution in [-0.4, -0.2) is 16.6 Å². The van der Waals surface area contributed by atoms with Crippen LogP contribution in [0.2, 0.25) is 0 Å². The Morgan fingerprint density at radius 2 is 2.12 bits per heavy atom. The van der Waals surface area contributed by atoms with E-state index < -0.39 is 12.0 Å². The van der Waals surface area contributed by atoms with Gasteiger partial charge in [-0.15, -0.1) is 12.3 Å². The van der Waals surface area contributed by atoms with Gasteiger partial charge in [0.05, 0.1) is 0 Å². The maximum atomic E-state index is 12.3. The van der Waals surface area contributed by atoms with Crippen LogP contribution in [0.3, 0.4) is 0 Å². The first-order chi connectivity index (χ1) is 7.43. The van der Waals surface area contributed by atoms with Crippen LogP contribution in [0.1, 0.15) is 12.2 Å². The zero-order chi connectivity index (χ0) is 12.2. The molecule has 1 heterocycles. The Labute approximate surface area is 89.6 Å². The molecule has 0 saturated carbocycles. The number of nitrogens with zero attached hydrogens (tertiary/aromatic N) is 2. The van der Waals surface area contributed by atoms with E-state index in [1.54, 1.807) is 0 Å². The number of hydrogen-bond donors (Lipinski definition) is 1. The highest BCUT2D eigenvalue weighted by Crippen LogP contribution is 2.28. The maximum Gasteiger partial charge on any atom is 0.451 e. The molecule has 0 radical (unpaired) electrons. The molecule has 86 valence electrons. The number of halogens is 3. The lowest BCUT2D eigenvalue weighted by molar-refractivity contribution is -0.145. The fourth-order valence-corrected chi connectivity index (χ4v) is 0.858. The highest BCUT2D eigenvalue weighted by Gasteiger charge is 2.35. The third-order valence-electron chi connectivity index (χ3n) is 1.47. The molecule has 0 saturated heterocycles. The van der Waals surface area contributed by atoms with Crippen molar-refractivity contribution in [3.63, 3.8) is 0 Å². The first kappa shape index (κ1) is 12.1. The van der Waals surface area contributed by atoms with Crippen molar-refractivity contribution in [3.8, 4) is 18.2 Å². The maximum absolute atomic E-state index is 12.3.